The first-order chi connectivity index (χ1) is 10.3. The minimum Gasteiger partial charge on any atom is -0.506 e. The number of aromatic amines is 1. The molecule has 0 fully saturated rings. The standard InChI is InChI=1S/C16H12N4O/c17-12-5-1-3-11-14(19-20-15(11)12)10-6-7-13(21)16-9(10)4-2-8-18-16/h1-8,21H,17H2,(H,19,20). The molecule has 0 saturated heterocycles. The van der Waals surface area contributed by atoms with Crippen molar-refractivity contribution in [3.05, 3.63) is 48.7 Å². The Morgan fingerprint density at radius 2 is 1.86 bits per heavy atom. The van der Waals surface area contributed by atoms with E-state index in [1.54, 1.807) is 12.3 Å². The summed E-state index contributed by atoms with van der Waals surface area (Å²) in [6, 6.07) is 13.0. The summed E-state index contributed by atoms with van der Waals surface area (Å²) in [5.41, 5.74) is 9.71. The molecule has 0 unspecified atom stereocenters. The Hall–Kier alpha value is -3.08. The van der Waals surface area contributed by atoms with E-state index in [0.29, 0.717) is 11.2 Å². The quantitative estimate of drug-likeness (QED) is 0.466. The zero-order chi connectivity index (χ0) is 14.4. The van der Waals surface area contributed by atoms with Gasteiger partial charge in [0.25, 0.3) is 0 Å². The highest BCUT2D eigenvalue weighted by atomic mass is 16.3. The number of H-pyrrole nitrogens is 1. The predicted octanol–water partition coefficient (Wildman–Crippen LogP) is 3.07. The highest BCUT2D eigenvalue weighted by Crippen LogP contribution is 2.35. The normalized spacial score (nSPS) is 11.2. The number of rotatable bonds is 1. The molecule has 0 atom stereocenters. The fourth-order valence-corrected chi connectivity index (χ4v) is 2.63. The maximum atomic E-state index is 9.94. The fraction of sp³-hybridized carbons (Fsp3) is 0. The van der Waals surface area contributed by atoms with Gasteiger partial charge in [0.1, 0.15) is 17.0 Å². The molecule has 21 heavy (non-hydrogen) atoms. The van der Waals surface area contributed by atoms with Crippen LogP contribution in [-0.2, 0) is 0 Å². The molecule has 2 aromatic heterocycles. The van der Waals surface area contributed by atoms with Gasteiger partial charge in [0.15, 0.2) is 0 Å². The Kier molecular flexibility index (Phi) is 2.35. The average Bonchev–Trinajstić information content (AvgIpc) is 2.93. The van der Waals surface area contributed by atoms with Gasteiger partial charge in [0.05, 0.1) is 11.2 Å². The molecule has 4 N–H and O–H groups in total. The van der Waals surface area contributed by atoms with Gasteiger partial charge in [-0.1, -0.05) is 18.2 Å². The van der Waals surface area contributed by atoms with Crippen molar-refractivity contribution in [3.8, 4) is 17.0 Å². The van der Waals surface area contributed by atoms with E-state index in [9.17, 15) is 5.11 Å². The molecule has 102 valence electrons. The van der Waals surface area contributed by atoms with Crippen molar-refractivity contribution in [2.24, 2.45) is 0 Å². The number of fused-ring (bicyclic) bond motifs is 2. The van der Waals surface area contributed by atoms with Crippen LogP contribution in [0, 0.1) is 0 Å². The first-order valence-corrected chi connectivity index (χ1v) is 6.55. The smallest absolute Gasteiger partial charge is 0.141 e. The molecule has 2 aromatic carbocycles. The summed E-state index contributed by atoms with van der Waals surface area (Å²) in [6.07, 6.45) is 1.66. The van der Waals surface area contributed by atoms with Crippen LogP contribution in [0.15, 0.2) is 48.7 Å². The lowest BCUT2D eigenvalue weighted by Crippen LogP contribution is -1.86. The lowest BCUT2D eigenvalue weighted by molar-refractivity contribution is 0.480. The molecule has 0 radical (unpaired) electrons. The van der Waals surface area contributed by atoms with E-state index in [-0.39, 0.29) is 5.75 Å². The molecule has 0 saturated carbocycles. The van der Waals surface area contributed by atoms with Crippen molar-refractivity contribution in [1.29, 1.82) is 0 Å². The molecule has 0 aliphatic heterocycles. The number of phenols is 1. The zero-order valence-electron chi connectivity index (χ0n) is 11.0. The van der Waals surface area contributed by atoms with Gasteiger partial charge in [-0.25, -0.2) is 0 Å². The molecule has 0 bridgehead atoms. The van der Waals surface area contributed by atoms with Crippen molar-refractivity contribution in [2.75, 3.05) is 5.73 Å². The highest BCUT2D eigenvalue weighted by molar-refractivity contribution is 6.06. The lowest BCUT2D eigenvalue weighted by Gasteiger charge is -2.05. The first-order valence-electron chi connectivity index (χ1n) is 6.55. The van der Waals surface area contributed by atoms with Gasteiger partial charge < -0.3 is 10.8 Å². The molecule has 5 nitrogen and oxygen atoms in total. The summed E-state index contributed by atoms with van der Waals surface area (Å²) < 4.78 is 0. The molecule has 4 aromatic rings. The molecule has 0 spiro atoms. The molecule has 0 aliphatic rings. The second-order valence-electron chi connectivity index (χ2n) is 4.87. The number of para-hydroxylation sites is 1. The number of hydrogen-bond donors (Lipinski definition) is 3. The Bertz CT molecular complexity index is 975. The molecule has 0 amide bonds. The van der Waals surface area contributed by atoms with Crippen molar-refractivity contribution in [3.63, 3.8) is 0 Å². The largest absolute Gasteiger partial charge is 0.506 e. The van der Waals surface area contributed by atoms with Crippen LogP contribution < -0.4 is 5.73 Å². The van der Waals surface area contributed by atoms with Crippen LogP contribution in [0.2, 0.25) is 0 Å². The maximum absolute atomic E-state index is 9.94. The minimum atomic E-state index is 0.161. The topological polar surface area (TPSA) is 87.8 Å². The lowest BCUT2D eigenvalue weighted by atomic mass is 10.0. The predicted molar refractivity (Wildman–Crippen MR) is 82.9 cm³/mol. The molecule has 2 heterocycles. The summed E-state index contributed by atoms with van der Waals surface area (Å²) in [5, 5.41) is 19.1. The fourth-order valence-electron chi connectivity index (χ4n) is 2.63. The monoisotopic (exact) mass is 276 g/mol. The van der Waals surface area contributed by atoms with Crippen molar-refractivity contribution in [2.45, 2.75) is 0 Å². The van der Waals surface area contributed by atoms with Crippen molar-refractivity contribution in [1.82, 2.24) is 15.2 Å². The van der Waals surface area contributed by atoms with E-state index in [2.05, 4.69) is 15.2 Å². The summed E-state index contributed by atoms with van der Waals surface area (Å²) in [7, 11) is 0. The van der Waals surface area contributed by atoms with Crippen LogP contribution in [0.25, 0.3) is 33.1 Å². The summed E-state index contributed by atoms with van der Waals surface area (Å²) in [6.45, 7) is 0. The second kappa shape index (κ2) is 4.21. The van der Waals surface area contributed by atoms with Crippen molar-refractivity contribution < 1.29 is 5.11 Å². The third kappa shape index (κ3) is 1.64. The van der Waals surface area contributed by atoms with Gasteiger partial charge in [0.2, 0.25) is 0 Å². The number of aromatic nitrogens is 3. The maximum Gasteiger partial charge on any atom is 0.141 e. The summed E-state index contributed by atoms with van der Waals surface area (Å²) in [5.74, 6) is 0.161. The van der Waals surface area contributed by atoms with Crippen LogP contribution in [-0.4, -0.2) is 20.3 Å². The van der Waals surface area contributed by atoms with Crippen LogP contribution in [0.5, 0.6) is 5.75 Å². The Morgan fingerprint density at radius 3 is 2.76 bits per heavy atom. The third-order valence-corrected chi connectivity index (χ3v) is 3.63. The zero-order valence-corrected chi connectivity index (χ0v) is 11.0. The van der Waals surface area contributed by atoms with E-state index in [0.717, 1.165) is 27.5 Å². The van der Waals surface area contributed by atoms with E-state index >= 15 is 0 Å². The molecular formula is C16H12N4O. The van der Waals surface area contributed by atoms with Crippen LogP contribution in [0.1, 0.15) is 0 Å². The molecule has 4 rings (SSSR count). The summed E-state index contributed by atoms with van der Waals surface area (Å²) >= 11 is 0. The Balaban J connectivity index is 2.10. The Labute approximate surface area is 120 Å². The van der Waals surface area contributed by atoms with E-state index in [1.165, 1.54) is 0 Å². The van der Waals surface area contributed by atoms with Crippen LogP contribution in [0.3, 0.4) is 0 Å². The number of nitrogen functional groups attached to an aromatic ring is 1. The van der Waals surface area contributed by atoms with Gasteiger partial charge in [-0.15, -0.1) is 0 Å². The van der Waals surface area contributed by atoms with Gasteiger partial charge in [0, 0.05) is 22.5 Å². The molecule has 0 aliphatic carbocycles. The number of hydrogen-bond acceptors (Lipinski definition) is 4. The number of nitrogens with one attached hydrogen (secondary N) is 1. The number of nitrogens with zero attached hydrogens (tertiary/aromatic N) is 2. The molecule has 5 heteroatoms. The average molecular weight is 276 g/mol. The van der Waals surface area contributed by atoms with Gasteiger partial charge >= 0.3 is 0 Å². The van der Waals surface area contributed by atoms with E-state index in [1.807, 2.05) is 36.4 Å². The number of phenolic OH excluding ortho intramolecular Hbond substituents is 1. The van der Waals surface area contributed by atoms with Crippen molar-refractivity contribution >= 4 is 27.5 Å². The number of nitrogens with two attached hydrogens (primary N) is 1. The van der Waals surface area contributed by atoms with E-state index in [4.69, 9.17) is 5.73 Å². The van der Waals surface area contributed by atoms with Gasteiger partial charge in [-0.05, 0) is 24.3 Å². The van der Waals surface area contributed by atoms with Gasteiger partial charge in [-0.2, -0.15) is 5.10 Å². The number of aromatic hydroxyl groups is 1. The summed E-state index contributed by atoms with van der Waals surface area (Å²) in [4.78, 5) is 4.24. The highest BCUT2D eigenvalue weighted by Gasteiger charge is 2.14. The second-order valence-corrected chi connectivity index (χ2v) is 4.87. The van der Waals surface area contributed by atoms with Gasteiger partial charge in [-0.3, -0.25) is 10.1 Å². The number of benzene rings is 2. The number of pyridine rings is 1. The number of anilines is 1. The minimum absolute atomic E-state index is 0.161. The molecular weight excluding hydrogens is 264 g/mol. The van der Waals surface area contributed by atoms with Crippen LogP contribution >= 0.6 is 0 Å². The first kappa shape index (κ1) is 11.7. The van der Waals surface area contributed by atoms with E-state index < -0.39 is 0 Å². The third-order valence-electron chi connectivity index (χ3n) is 3.63. The SMILES string of the molecule is Nc1cccc2c(-c3ccc(O)c4ncccc34)n[nH]c12. The Morgan fingerprint density at radius 1 is 1.00 bits per heavy atom. The van der Waals surface area contributed by atoms with Crippen LogP contribution in [0.4, 0.5) is 5.69 Å².